The molecule has 1 atom stereocenters. The first-order chi connectivity index (χ1) is 11.2. The second-order valence-corrected chi connectivity index (χ2v) is 5.95. The Bertz CT molecular complexity index is 663. The summed E-state index contributed by atoms with van der Waals surface area (Å²) in [6.45, 7) is 2.57. The number of rotatable bonds is 3. The lowest BCUT2D eigenvalue weighted by Crippen LogP contribution is -2.51. The van der Waals surface area contributed by atoms with Gasteiger partial charge >= 0.3 is 6.03 Å². The predicted octanol–water partition coefficient (Wildman–Crippen LogP) is 1.35. The molecule has 6 nitrogen and oxygen atoms in total. The van der Waals surface area contributed by atoms with Crippen LogP contribution in [0.15, 0.2) is 36.2 Å². The van der Waals surface area contributed by atoms with Gasteiger partial charge < -0.3 is 16.0 Å². The molecule has 1 fully saturated rings. The number of hydrogen-bond donors (Lipinski definition) is 2. The maximum atomic E-state index is 12.4. The number of nitrogens with one attached hydrogen (secondary N) is 1. The summed E-state index contributed by atoms with van der Waals surface area (Å²) in [5.41, 5.74) is 7.52. The van der Waals surface area contributed by atoms with E-state index >= 15 is 0 Å². The standard InChI is InChI=1S/C17H21N5O/c18-10-13-4-1-2-5-14(13)11-22-16(7-8-20-17(22)23)21-9-3-6-15(19)12-21/h1-2,4-5,7,15H,3,6,8-9,11-12,19H2,(H,20,23). The maximum Gasteiger partial charge on any atom is 0.323 e. The quantitative estimate of drug-likeness (QED) is 0.882. The number of carbonyl (C=O) groups excluding carboxylic acids is 1. The van der Waals surface area contributed by atoms with Crippen LogP contribution in [0.2, 0.25) is 0 Å². The van der Waals surface area contributed by atoms with Gasteiger partial charge in [0.1, 0.15) is 5.82 Å². The van der Waals surface area contributed by atoms with E-state index in [2.05, 4.69) is 16.3 Å². The zero-order valence-electron chi connectivity index (χ0n) is 13.0. The average Bonchev–Trinajstić information content (AvgIpc) is 2.57. The van der Waals surface area contributed by atoms with Crippen LogP contribution >= 0.6 is 0 Å². The minimum Gasteiger partial charge on any atom is -0.357 e. The summed E-state index contributed by atoms with van der Waals surface area (Å²) < 4.78 is 0. The minimum atomic E-state index is -0.130. The highest BCUT2D eigenvalue weighted by Crippen LogP contribution is 2.22. The van der Waals surface area contributed by atoms with Crippen molar-refractivity contribution in [2.45, 2.75) is 25.4 Å². The summed E-state index contributed by atoms with van der Waals surface area (Å²) in [5.74, 6) is 0.900. The van der Waals surface area contributed by atoms with Crippen LogP contribution in [0.3, 0.4) is 0 Å². The lowest BCUT2D eigenvalue weighted by molar-refractivity contribution is 0.159. The van der Waals surface area contributed by atoms with Crippen LogP contribution in [0.1, 0.15) is 24.0 Å². The molecular weight excluding hydrogens is 290 g/mol. The number of hydrogen-bond acceptors (Lipinski definition) is 4. The Labute approximate surface area is 136 Å². The van der Waals surface area contributed by atoms with Crippen LogP contribution in [0.5, 0.6) is 0 Å². The van der Waals surface area contributed by atoms with Gasteiger partial charge in [-0.15, -0.1) is 0 Å². The molecule has 0 aliphatic carbocycles. The van der Waals surface area contributed by atoms with E-state index in [0.717, 1.165) is 37.3 Å². The molecule has 0 bridgehead atoms. The molecule has 1 aromatic rings. The molecule has 3 rings (SSSR count). The van der Waals surface area contributed by atoms with Gasteiger partial charge in [0, 0.05) is 25.7 Å². The van der Waals surface area contributed by atoms with Crippen molar-refractivity contribution in [3.05, 3.63) is 47.3 Å². The largest absolute Gasteiger partial charge is 0.357 e. The Morgan fingerprint density at radius 3 is 3.00 bits per heavy atom. The average molecular weight is 311 g/mol. The zero-order valence-corrected chi connectivity index (χ0v) is 13.0. The third-order valence-corrected chi connectivity index (χ3v) is 4.31. The molecule has 0 spiro atoms. The second-order valence-electron chi connectivity index (χ2n) is 5.95. The SMILES string of the molecule is N#Cc1ccccc1CN1C(=O)NCC=C1N1CCCC(N)C1. The zero-order chi connectivity index (χ0) is 16.2. The van der Waals surface area contributed by atoms with E-state index in [1.54, 1.807) is 11.0 Å². The van der Waals surface area contributed by atoms with Gasteiger partial charge in [0.05, 0.1) is 18.2 Å². The predicted molar refractivity (Wildman–Crippen MR) is 87.0 cm³/mol. The van der Waals surface area contributed by atoms with Crippen molar-refractivity contribution in [3.8, 4) is 6.07 Å². The number of nitrogens with two attached hydrogens (primary N) is 1. The highest BCUT2D eigenvalue weighted by atomic mass is 16.2. The minimum absolute atomic E-state index is 0.130. The number of amides is 2. The van der Waals surface area contributed by atoms with E-state index in [1.807, 2.05) is 24.3 Å². The van der Waals surface area contributed by atoms with E-state index < -0.39 is 0 Å². The Morgan fingerprint density at radius 1 is 1.39 bits per heavy atom. The molecule has 23 heavy (non-hydrogen) atoms. The van der Waals surface area contributed by atoms with E-state index in [0.29, 0.717) is 18.7 Å². The molecular formula is C17H21N5O. The number of nitrogens with zero attached hydrogens (tertiary/aromatic N) is 3. The van der Waals surface area contributed by atoms with Crippen LogP contribution in [0, 0.1) is 11.3 Å². The fraction of sp³-hybridized carbons (Fsp3) is 0.412. The van der Waals surface area contributed by atoms with Crippen LogP contribution < -0.4 is 11.1 Å². The van der Waals surface area contributed by atoms with Crippen LogP contribution in [-0.4, -0.2) is 41.5 Å². The Morgan fingerprint density at radius 2 is 2.22 bits per heavy atom. The third kappa shape index (κ3) is 3.30. The molecule has 1 unspecified atom stereocenters. The highest BCUT2D eigenvalue weighted by molar-refractivity contribution is 5.77. The number of benzene rings is 1. The molecule has 0 saturated carbocycles. The highest BCUT2D eigenvalue weighted by Gasteiger charge is 2.28. The molecule has 6 heteroatoms. The van der Waals surface area contributed by atoms with Crippen molar-refractivity contribution in [3.63, 3.8) is 0 Å². The van der Waals surface area contributed by atoms with Crippen molar-refractivity contribution < 1.29 is 4.79 Å². The van der Waals surface area contributed by atoms with E-state index in [4.69, 9.17) is 5.73 Å². The van der Waals surface area contributed by atoms with Gasteiger partial charge in [-0.2, -0.15) is 5.26 Å². The van der Waals surface area contributed by atoms with Gasteiger partial charge in [-0.25, -0.2) is 4.79 Å². The fourth-order valence-corrected chi connectivity index (χ4v) is 3.15. The molecule has 3 N–H and O–H groups in total. The lowest BCUT2D eigenvalue weighted by atomic mass is 10.1. The van der Waals surface area contributed by atoms with Gasteiger partial charge in [0.15, 0.2) is 0 Å². The van der Waals surface area contributed by atoms with Crippen LogP contribution in [0.25, 0.3) is 0 Å². The number of urea groups is 1. The molecule has 0 aromatic heterocycles. The molecule has 120 valence electrons. The van der Waals surface area contributed by atoms with Crippen molar-refractivity contribution >= 4 is 6.03 Å². The summed E-state index contributed by atoms with van der Waals surface area (Å²) in [5, 5.41) is 12.1. The Balaban J connectivity index is 1.85. The molecule has 1 saturated heterocycles. The molecule has 1 aromatic carbocycles. The summed E-state index contributed by atoms with van der Waals surface area (Å²) in [6.07, 6.45) is 4.07. The molecule has 2 amide bonds. The normalized spacial score (nSPS) is 21.5. The number of piperidine rings is 1. The van der Waals surface area contributed by atoms with Crippen molar-refractivity contribution in [2.24, 2.45) is 5.73 Å². The molecule has 2 aliphatic rings. The number of likely N-dealkylation sites (tertiary alicyclic amines) is 1. The van der Waals surface area contributed by atoms with Gasteiger partial charge in [0.2, 0.25) is 0 Å². The molecule has 2 aliphatic heterocycles. The van der Waals surface area contributed by atoms with Crippen molar-refractivity contribution in [2.75, 3.05) is 19.6 Å². The maximum absolute atomic E-state index is 12.4. The van der Waals surface area contributed by atoms with Crippen molar-refractivity contribution in [1.82, 2.24) is 15.1 Å². The summed E-state index contributed by atoms with van der Waals surface area (Å²) in [4.78, 5) is 16.3. The Hall–Kier alpha value is -2.52. The van der Waals surface area contributed by atoms with E-state index in [1.165, 1.54) is 0 Å². The Kier molecular flexibility index (Phi) is 4.49. The smallest absolute Gasteiger partial charge is 0.323 e. The summed E-state index contributed by atoms with van der Waals surface area (Å²) in [6, 6.07) is 9.58. The van der Waals surface area contributed by atoms with Gasteiger partial charge in [0.25, 0.3) is 0 Å². The van der Waals surface area contributed by atoms with E-state index in [-0.39, 0.29) is 12.1 Å². The first-order valence-electron chi connectivity index (χ1n) is 7.93. The van der Waals surface area contributed by atoms with Gasteiger partial charge in [-0.1, -0.05) is 18.2 Å². The van der Waals surface area contributed by atoms with Crippen molar-refractivity contribution in [1.29, 1.82) is 5.26 Å². The first kappa shape index (κ1) is 15.4. The topological polar surface area (TPSA) is 85.4 Å². The van der Waals surface area contributed by atoms with Gasteiger partial charge in [-0.3, -0.25) is 4.90 Å². The summed E-state index contributed by atoms with van der Waals surface area (Å²) in [7, 11) is 0. The fourth-order valence-electron chi connectivity index (χ4n) is 3.15. The van der Waals surface area contributed by atoms with Crippen LogP contribution in [-0.2, 0) is 6.54 Å². The first-order valence-corrected chi connectivity index (χ1v) is 7.93. The summed E-state index contributed by atoms with van der Waals surface area (Å²) >= 11 is 0. The number of carbonyl (C=O) groups is 1. The second kappa shape index (κ2) is 6.71. The monoisotopic (exact) mass is 311 g/mol. The molecule has 0 radical (unpaired) electrons. The molecule has 2 heterocycles. The van der Waals surface area contributed by atoms with E-state index in [9.17, 15) is 10.1 Å². The number of nitriles is 1. The van der Waals surface area contributed by atoms with Crippen LogP contribution in [0.4, 0.5) is 4.79 Å². The third-order valence-electron chi connectivity index (χ3n) is 4.31. The van der Waals surface area contributed by atoms with Gasteiger partial charge in [-0.05, 0) is 30.5 Å². The lowest BCUT2D eigenvalue weighted by Gasteiger charge is -2.40.